The summed E-state index contributed by atoms with van der Waals surface area (Å²) in [5.74, 6) is 0.675. The van der Waals surface area contributed by atoms with E-state index in [1.54, 1.807) is 4.68 Å². The number of aromatic nitrogens is 3. The van der Waals surface area contributed by atoms with Crippen LogP contribution in [0.3, 0.4) is 0 Å². The second kappa shape index (κ2) is 5.62. The first kappa shape index (κ1) is 14.5. The molecule has 7 heteroatoms. The lowest BCUT2D eigenvalue weighted by molar-refractivity contribution is -0.117. The van der Waals surface area contributed by atoms with E-state index in [9.17, 15) is 4.79 Å². The molecular formula is C13H19N5OS. The standard InChI is InChI=1S/C13H19N5OS/c1-8-10(3)20-13(14-8)15-12(19)9(2)18(5)11-6-7-17(4)16-11/h6-7,9H,1-5H3,(H,14,15,19). The van der Waals surface area contributed by atoms with Gasteiger partial charge in [-0.05, 0) is 20.8 Å². The first-order valence-electron chi connectivity index (χ1n) is 6.36. The highest BCUT2D eigenvalue weighted by Crippen LogP contribution is 2.21. The number of hydrogen-bond donors (Lipinski definition) is 1. The molecule has 1 N–H and O–H groups in total. The minimum Gasteiger partial charge on any atom is -0.346 e. The van der Waals surface area contributed by atoms with Gasteiger partial charge in [-0.2, -0.15) is 5.10 Å². The number of likely N-dealkylation sites (N-methyl/N-ethyl adjacent to an activating group) is 1. The van der Waals surface area contributed by atoms with Gasteiger partial charge in [-0.25, -0.2) is 4.98 Å². The van der Waals surface area contributed by atoms with Crippen LogP contribution in [-0.2, 0) is 11.8 Å². The summed E-state index contributed by atoms with van der Waals surface area (Å²) in [7, 11) is 3.70. The molecule has 0 radical (unpaired) electrons. The first-order chi connectivity index (χ1) is 9.38. The first-order valence-corrected chi connectivity index (χ1v) is 7.17. The summed E-state index contributed by atoms with van der Waals surface area (Å²) in [6.07, 6.45) is 1.85. The number of aryl methyl sites for hydroxylation is 3. The zero-order valence-corrected chi connectivity index (χ0v) is 13.2. The van der Waals surface area contributed by atoms with Crippen LogP contribution in [0.4, 0.5) is 10.9 Å². The van der Waals surface area contributed by atoms with E-state index in [0.29, 0.717) is 5.13 Å². The maximum absolute atomic E-state index is 12.2. The van der Waals surface area contributed by atoms with E-state index in [-0.39, 0.29) is 11.9 Å². The molecule has 2 aromatic rings. The van der Waals surface area contributed by atoms with Gasteiger partial charge in [0.25, 0.3) is 0 Å². The second-order valence-electron chi connectivity index (χ2n) is 4.78. The Morgan fingerprint density at radius 2 is 2.20 bits per heavy atom. The molecular weight excluding hydrogens is 274 g/mol. The molecule has 108 valence electrons. The monoisotopic (exact) mass is 293 g/mol. The highest BCUT2D eigenvalue weighted by Gasteiger charge is 2.21. The number of thiazole rings is 1. The van der Waals surface area contributed by atoms with Gasteiger partial charge < -0.3 is 10.2 Å². The van der Waals surface area contributed by atoms with E-state index < -0.39 is 0 Å². The minimum absolute atomic E-state index is 0.0908. The Bertz CT molecular complexity index is 599. The molecule has 2 heterocycles. The van der Waals surface area contributed by atoms with Crippen molar-refractivity contribution in [3.05, 3.63) is 22.8 Å². The molecule has 1 amide bonds. The zero-order chi connectivity index (χ0) is 14.9. The number of hydrogen-bond acceptors (Lipinski definition) is 5. The Balaban J connectivity index is 2.04. The molecule has 2 rings (SSSR count). The lowest BCUT2D eigenvalue weighted by Gasteiger charge is -2.23. The van der Waals surface area contributed by atoms with Crippen molar-refractivity contribution in [1.82, 2.24) is 14.8 Å². The van der Waals surface area contributed by atoms with Gasteiger partial charge >= 0.3 is 0 Å². The number of nitrogens with zero attached hydrogens (tertiary/aromatic N) is 4. The Morgan fingerprint density at radius 1 is 1.50 bits per heavy atom. The van der Waals surface area contributed by atoms with E-state index >= 15 is 0 Å². The predicted molar refractivity (Wildman–Crippen MR) is 81.3 cm³/mol. The van der Waals surface area contributed by atoms with Crippen molar-refractivity contribution in [2.45, 2.75) is 26.8 Å². The van der Waals surface area contributed by atoms with E-state index in [1.165, 1.54) is 11.3 Å². The van der Waals surface area contributed by atoms with Gasteiger partial charge in [0.1, 0.15) is 6.04 Å². The van der Waals surface area contributed by atoms with E-state index in [0.717, 1.165) is 16.4 Å². The van der Waals surface area contributed by atoms with E-state index in [4.69, 9.17) is 0 Å². The molecule has 1 unspecified atom stereocenters. The summed E-state index contributed by atoms with van der Waals surface area (Å²) in [6.45, 7) is 5.77. The number of carbonyl (C=O) groups is 1. The summed E-state index contributed by atoms with van der Waals surface area (Å²) in [5, 5.41) is 7.79. The van der Waals surface area contributed by atoms with Gasteiger partial charge in [0, 0.05) is 31.2 Å². The third-order valence-corrected chi connectivity index (χ3v) is 4.27. The molecule has 0 fully saturated rings. The fourth-order valence-corrected chi connectivity index (χ4v) is 2.52. The Morgan fingerprint density at radius 3 is 2.70 bits per heavy atom. The SMILES string of the molecule is Cc1nc(NC(=O)C(C)N(C)c2ccn(C)n2)sc1C. The summed E-state index contributed by atoms with van der Waals surface area (Å²) in [6, 6.07) is 1.55. The second-order valence-corrected chi connectivity index (χ2v) is 5.99. The van der Waals surface area contributed by atoms with E-state index in [1.807, 2.05) is 52.0 Å². The van der Waals surface area contributed by atoms with Crippen LogP contribution >= 0.6 is 11.3 Å². The van der Waals surface area contributed by atoms with Crippen molar-refractivity contribution >= 4 is 28.2 Å². The molecule has 6 nitrogen and oxygen atoms in total. The van der Waals surface area contributed by atoms with E-state index in [2.05, 4.69) is 15.4 Å². The molecule has 0 aliphatic rings. The topological polar surface area (TPSA) is 63.1 Å². The fraction of sp³-hybridized carbons (Fsp3) is 0.462. The lowest BCUT2D eigenvalue weighted by Crippen LogP contribution is -2.40. The van der Waals surface area contributed by atoms with Crippen molar-refractivity contribution in [3.8, 4) is 0 Å². The lowest BCUT2D eigenvalue weighted by atomic mass is 10.3. The largest absolute Gasteiger partial charge is 0.346 e. The van der Waals surface area contributed by atoms with Gasteiger partial charge in [-0.3, -0.25) is 9.48 Å². The molecule has 20 heavy (non-hydrogen) atoms. The molecule has 2 aromatic heterocycles. The Hall–Kier alpha value is -1.89. The number of anilines is 2. The minimum atomic E-state index is -0.325. The average molecular weight is 293 g/mol. The van der Waals surface area contributed by atoms with Gasteiger partial charge in [-0.1, -0.05) is 0 Å². The molecule has 0 spiro atoms. The highest BCUT2D eigenvalue weighted by molar-refractivity contribution is 7.15. The highest BCUT2D eigenvalue weighted by atomic mass is 32.1. The number of amides is 1. The van der Waals surface area contributed by atoms with Crippen molar-refractivity contribution < 1.29 is 4.79 Å². The van der Waals surface area contributed by atoms with Gasteiger partial charge in [0.2, 0.25) is 5.91 Å². The van der Waals surface area contributed by atoms with Crippen molar-refractivity contribution in [1.29, 1.82) is 0 Å². The van der Waals surface area contributed by atoms with Gasteiger partial charge in [0.15, 0.2) is 10.9 Å². The van der Waals surface area contributed by atoms with Gasteiger partial charge in [0.05, 0.1) is 5.69 Å². The molecule has 0 aromatic carbocycles. The van der Waals surface area contributed by atoms with Crippen LogP contribution in [0.1, 0.15) is 17.5 Å². The molecule has 0 aliphatic carbocycles. The van der Waals surface area contributed by atoms with Crippen LogP contribution in [0.5, 0.6) is 0 Å². The Kier molecular flexibility index (Phi) is 4.08. The molecule has 0 bridgehead atoms. The van der Waals surface area contributed by atoms with Crippen LogP contribution < -0.4 is 10.2 Å². The molecule has 0 saturated carbocycles. The van der Waals surface area contributed by atoms with Crippen LogP contribution in [0.25, 0.3) is 0 Å². The summed E-state index contributed by atoms with van der Waals surface area (Å²) in [4.78, 5) is 19.5. The Labute approximate surface area is 122 Å². The maximum atomic E-state index is 12.2. The van der Waals surface area contributed by atoms with Crippen molar-refractivity contribution in [2.24, 2.45) is 7.05 Å². The molecule has 0 aliphatic heterocycles. The normalized spacial score (nSPS) is 12.2. The van der Waals surface area contributed by atoms with Crippen LogP contribution in [-0.4, -0.2) is 33.8 Å². The fourth-order valence-electron chi connectivity index (χ4n) is 1.70. The third kappa shape index (κ3) is 2.98. The number of carbonyl (C=O) groups excluding carboxylic acids is 1. The quantitative estimate of drug-likeness (QED) is 0.936. The van der Waals surface area contributed by atoms with Crippen molar-refractivity contribution in [3.63, 3.8) is 0 Å². The zero-order valence-electron chi connectivity index (χ0n) is 12.3. The number of rotatable bonds is 4. The summed E-state index contributed by atoms with van der Waals surface area (Å²) < 4.78 is 1.71. The predicted octanol–water partition coefficient (Wildman–Crippen LogP) is 1.96. The van der Waals surface area contributed by atoms with Crippen LogP contribution in [0.15, 0.2) is 12.3 Å². The summed E-state index contributed by atoms with van der Waals surface area (Å²) in [5.41, 5.74) is 0.955. The summed E-state index contributed by atoms with van der Waals surface area (Å²) >= 11 is 1.49. The van der Waals surface area contributed by atoms with Crippen molar-refractivity contribution in [2.75, 3.05) is 17.3 Å². The van der Waals surface area contributed by atoms with Crippen LogP contribution in [0, 0.1) is 13.8 Å². The van der Waals surface area contributed by atoms with Crippen LogP contribution in [0.2, 0.25) is 0 Å². The van der Waals surface area contributed by atoms with Gasteiger partial charge in [-0.15, -0.1) is 11.3 Å². The molecule has 1 atom stereocenters. The third-order valence-electron chi connectivity index (χ3n) is 3.28. The average Bonchev–Trinajstić information content (AvgIpc) is 2.95. The molecule has 0 saturated heterocycles. The maximum Gasteiger partial charge on any atom is 0.248 e. The number of nitrogens with one attached hydrogen (secondary N) is 1. The smallest absolute Gasteiger partial charge is 0.248 e.